The van der Waals surface area contributed by atoms with E-state index in [1.165, 1.54) is 0 Å². The van der Waals surface area contributed by atoms with Crippen molar-refractivity contribution in [2.75, 3.05) is 0 Å². The maximum absolute atomic E-state index is 11.4. The second-order valence-corrected chi connectivity index (χ2v) is 4.71. The molecule has 3 nitrogen and oxygen atoms in total. The molecule has 0 atom stereocenters. The third-order valence-electron chi connectivity index (χ3n) is 1.27. The van der Waals surface area contributed by atoms with Gasteiger partial charge in [0.1, 0.15) is 4.48 Å². The second-order valence-electron chi connectivity index (χ2n) is 2.01. The Morgan fingerprint density at radius 2 is 1.31 bits per heavy atom. The Balaban J connectivity index is 3.29. The number of halogens is 4. The molecule has 0 radical (unpaired) electrons. The maximum Gasteiger partial charge on any atom is 0.238 e. The predicted molar refractivity (Wildman–Crippen MR) is 60.9 cm³/mol. The summed E-state index contributed by atoms with van der Waals surface area (Å²) in [5, 5.41) is 0. The molecule has 0 aromatic carbocycles. The van der Waals surface area contributed by atoms with Crippen molar-refractivity contribution in [1.29, 1.82) is 0 Å². The molecular formula is C6Br4O3. The van der Waals surface area contributed by atoms with Crippen molar-refractivity contribution in [2.45, 2.75) is 0 Å². The number of carbonyl (C=O) groups is 2. The van der Waals surface area contributed by atoms with Gasteiger partial charge < -0.3 is 3.83 Å². The zero-order valence-corrected chi connectivity index (χ0v) is 12.1. The van der Waals surface area contributed by atoms with Crippen LogP contribution in [0.4, 0.5) is 0 Å². The first-order valence-corrected chi connectivity index (χ1v) is 5.86. The maximum atomic E-state index is 11.4. The minimum atomic E-state index is -0.407. The van der Waals surface area contributed by atoms with E-state index in [-0.39, 0.29) is 25.0 Å². The lowest BCUT2D eigenvalue weighted by atomic mass is 10.1. The molecule has 0 saturated carbocycles. The van der Waals surface area contributed by atoms with Crippen molar-refractivity contribution in [3.8, 4) is 0 Å². The summed E-state index contributed by atoms with van der Waals surface area (Å²) in [5.74, 6) is -0.823. The topological polar surface area (TPSA) is 43.4 Å². The molecule has 0 N–H and O–H groups in total. The molecule has 0 saturated heterocycles. The summed E-state index contributed by atoms with van der Waals surface area (Å²) < 4.78 is 5.01. The molecule has 13 heavy (non-hydrogen) atoms. The van der Waals surface area contributed by atoms with Gasteiger partial charge in [0.2, 0.25) is 17.3 Å². The van der Waals surface area contributed by atoms with Gasteiger partial charge in [-0.2, -0.15) is 0 Å². The monoisotopic (exact) mass is 436 g/mol. The summed E-state index contributed by atoms with van der Waals surface area (Å²) in [5.41, 5.74) is 0. The van der Waals surface area contributed by atoms with E-state index < -0.39 is 5.78 Å². The van der Waals surface area contributed by atoms with Crippen molar-refractivity contribution >= 4 is 75.6 Å². The summed E-state index contributed by atoms with van der Waals surface area (Å²) in [4.78, 5) is 22.8. The predicted octanol–water partition coefficient (Wildman–Crippen LogP) is 3.07. The van der Waals surface area contributed by atoms with Crippen LogP contribution >= 0.6 is 64.0 Å². The van der Waals surface area contributed by atoms with Crippen LogP contribution in [0.25, 0.3) is 0 Å². The van der Waals surface area contributed by atoms with Gasteiger partial charge in [0, 0.05) is 0 Å². The first kappa shape index (κ1) is 11.6. The molecular weight excluding hydrogens is 440 g/mol. The number of hydrogen-bond donors (Lipinski definition) is 0. The molecule has 0 unspecified atom stereocenters. The van der Waals surface area contributed by atoms with Gasteiger partial charge in [0.25, 0.3) is 0 Å². The van der Waals surface area contributed by atoms with Crippen LogP contribution in [0.15, 0.2) is 19.2 Å². The summed E-state index contributed by atoms with van der Waals surface area (Å²) >= 11 is 11.6. The Bertz CT molecular complexity index is 355. The van der Waals surface area contributed by atoms with E-state index >= 15 is 0 Å². The van der Waals surface area contributed by atoms with E-state index in [0.717, 1.165) is 0 Å². The van der Waals surface area contributed by atoms with Gasteiger partial charge in [-0.25, -0.2) is 0 Å². The van der Waals surface area contributed by atoms with Gasteiger partial charge in [-0.05, 0) is 47.8 Å². The third kappa shape index (κ3) is 1.98. The lowest BCUT2D eigenvalue weighted by molar-refractivity contribution is -0.116. The normalized spacial score (nSPS) is 18.5. The van der Waals surface area contributed by atoms with E-state index in [1.54, 1.807) is 0 Å². The molecule has 1 aliphatic rings. The van der Waals surface area contributed by atoms with E-state index in [4.69, 9.17) is 0 Å². The lowest BCUT2D eigenvalue weighted by Crippen LogP contribution is -2.17. The van der Waals surface area contributed by atoms with Gasteiger partial charge in [0.05, 0.1) is 8.96 Å². The fourth-order valence-electron chi connectivity index (χ4n) is 0.667. The molecule has 0 aliphatic heterocycles. The van der Waals surface area contributed by atoms with Crippen LogP contribution in [0.5, 0.6) is 0 Å². The summed E-state index contributed by atoms with van der Waals surface area (Å²) in [7, 11) is 0. The van der Waals surface area contributed by atoms with Crippen molar-refractivity contribution in [3.05, 3.63) is 19.2 Å². The standard InChI is InChI=1S/C6Br4O3/c7-1-2(8)5(12)6(13-10)3(9)4(1)11. The van der Waals surface area contributed by atoms with Crippen LogP contribution in [-0.4, -0.2) is 11.6 Å². The zero-order chi connectivity index (χ0) is 10.2. The number of ketones is 2. The minimum Gasteiger partial charge on any atom is -0.412 e. The van der Waals surface area contributed by atoms with Crippen LogP contribution < -0.4 is 0 Å². The first-order valence-electron chi connectivity index (χ1n) is 2.83. The highest BCUT2D eigenvalue weighted by Gasteiger charge is 2.32. The number of carbonyl (C=O) groups excluding carboxylic acids is 2. The highest BCUT2D eigenvalue weighted by molar-refractivity contribution is 9.15. The van der Waals surface area contributed by atoms with Crippen LogP contribution in [-0.2, 0) is 13.4 Å². The summed E-state index contributed by atoms with van der Waals surface area (Å²) in [6.45, 7) is 0. The summed E-state index contributed by atoms with van der Waals surface area (Å²) in [6.07, 6.45) is 0. The van der Waals surface area contributed by atoms with E-state index in [2.05, 4.69) is 67.9 Å². The molecule has 0 amide bonds. The Morgan fingerprint density at radius 3 is 1.77 bits per heavy atom. The minimum absolute atomic E-state index is 0.0694. The van der Waals surface area contributed by atoms with Crippen LogP contribution in [0.3, 0.4) is 0 Å². The fraction of sp³-hybridized carbons (Fsp3) is 0. The molecule has 1 aliphatic carbocycles. The van der Waals surface area contributed by atoms with Crippen molar-refractivity contribution in [1.82, 2.24) is 0 Å². The smallest absolute Gasteiger partial charge is 0.238 e. The Morgan fingerprint density at radius 1 is 0.846 bits per heavy atom. The fourth-order valence-corrected chi connectivity index (χ4v) is 2.66. The molecule has 0 spiro atoms. The average molecular weight is 440 g/mol. The Hall–Kier alpha value is 0.540. The molecule has 0 heterocycles. The molecule has 70 valence electrons. The van der Waals surface area contributed by atoms with Crippen LogP contribution in [0.1, 0.15) is 0 Å². The lowest BCUT2D eigenvalue weighted by Gasteiger charge is -2.11. The number of hydrogen-bond acceptors (Lipinski definition) is 3. The van der Waals surface area contributed by atoms with Crippen molar-refractivity contribution < 1.29 is 13.4 Å². The van der Waals surface area contributed by atoms with Crippen LogP contribution in [0.2, 0.25) is 0 Å². The largest absolute Gasteiger partial charge is 0.412 e. The van der Waals surface area contributed by atoms with E-state index in [0.29, 0.717) is 0 Å². The quantitative estimate of drug-likeness (QED) is 0.590. The SMILES string of the molecule is O=C1C(Br)=C(Br)C(=O)C(OBr)=C1Br. The van der Waals surface area contributed by atoms with Gasteiger partial charge >= 0.3 is 0 Å². The number of Topliss-reactive ketones (excluding diaryl/α,β-unsaturated/α-hetero) is 2. The zero-order valence-electron chi connectivity index (χ0n) is 5.74. The molecule has 0 aromatic heterocycles. The molecule has 0 bridgehead atoms. The second kappa shape index (κ2) is 4.37. The van der Waals surface area contributed by atoms with Crippen LogP contribution in [0, 0.1) is 0 Å². The van der Waals surface area contributed by atoms with Gasteiger partial charge in [-0.3, -0.25) is 9.59 Å². The number of allylic oxidation sites excluding steroid dienone is 3. The van der Waals surface area contributed by atoms with Gasteiger partial charge in [-0.15, -0.1) is 0 Å². The third-order valence-corrected chi connectivity index (χ3v) is 4.36. The Labute approximate surface area is 107 Å². The molecule has 1 rings (SSSR count). The molecule has 0 aromatic rings. The highest BCUT2D eigenvalue weighted by atomic mass is 79.9. The van der Waals surface area contributed by atoms with Crippen molar-refractivity contribution in [3.63, 3.8) is 0 Å². The Kier molecular flexibility index (Phi) is 3.91. The molecule has 7 heteroatoms. The first-order chi connectivity index (χ1) is 6.00. The number of rotatable bonds is 1. The van der Waals surface area contributed by atoms with E-state index in [1.807, 2.05) is 0 Å². The van der Waals surface area contributed by atoms with Crippen molar-refractivity contribution in [2.24, 2.45) is 0 Å². The van der Waals surface area contributed by atoms with Gasteiger partial charge in [0.15, 0.2) is 16.3 Å². The average Bonchev–Trinajstić information content (AvgIpc) is 2.13. The van der Waals surface area contributed by atoms with E-state index in [9.17, 15) is 9.59 Å². The summed E-state index contributed by atoms with van der Waals surface area (Å²) in [6, 6.07) is 0. The van der Waals surface area contributed by atoms with Gasteiger partial charge in [-0.1, -0.05) is 0 Å². The highest BCUT2D eigenvalue weighted by Crippen LogP contribution is 2.35. The molecule has 0 fully saturated rings.